The second-order valence-electron chi connectivity index (χ2n) is 8.82. The minimum atomic E-state index is -0.0916. The Bertz CT molecular complexity index is 796. The van der Waals surface area contributed by atoms with Gasteiger partial charge in [-0.05, 0) is 57.4 Å². The first kappa shape index (κ1) is 18.7. The molecule has 142 valence electrons. The van der Waals surface area contributed by atoms with Crippen molar-refractivity contribution in [3.05, 3.63) is 34.4 Å². The number of H-pyrrole nitrogens is 1. The van der Waals surface area contributed by atoms with Crippen molar-refractivity contribution in [3.63, 3.8) is 0 Å². The van der Waals surface area contributed by atoms with E-state index in [-0.39, 0.29) is 17.4 Å². The summed E-state index contributed by atoms with van der Waals surface area (Å²) >= 11 is 0. The number of nitrogens with one attached hydrogen (secondary N) is 2. The number of aryl methyl sites for hydroxylation is 3. The predicted octanol–water partition coefficient (Wildman–Crippen LogP) is 3.19. The molecular formula is C20H31N5O. The number of hydrogen-bond acceptors (Lipinski definition) is 3. The third-order valence-corrected chi connectivity index (χ3v) is 5.51. The quantitative estimate of drug-likeness (QED) is 0.882. The van der Waals surface area contributed by atoms with Crippen LogP contribution in [0.15, 0.2) is 6.07 Å². The van der Waals surface area contributed by atoms with Crippen LogP contribution >= 0.6 is 0 Å². The maximum absolute atomic E-state index is 12.8. The summed E-state index contributed by atoms with van der Waals surface area (Å²) in [6, 6.07) is 2.03. The van der Waals surface area contributed by atoms with Crippen LogP contribution in [-0.2, 0) is 19.4 Å². The molecule has 0 unspecified atom stereocenters. The highest BCUT2D eigenvalue weighted by Crippen LogP contribution is 2.37. The molecule has 3 rings (SSSR count). The highest BCUT2D eigenvalue weighted by Gasteiger charge is 2.32. The van der Waals surface area contributed by atoms with Gasteiger partial charge in [0.2, 0.25) is 0 Å². The van der Waals surface area contributed by atoms with Crippen LogP contribution < -0.4 is 5.32 Å². The average molecular weight is 358 g/mol. The third kappa shape index (κ3) is 3.84. The normalized spacial score (nSPS) is 18.5. The summed E-state index contributed by atoms with van der Waals surface area (Å²) in [6.45, 7) is 13.5. The summed E-state index contributed by atoms with van der Waals surface area (Å²) in [5.74, 6) is 0.484. The van der Waals surface area contributed by atoms with E-state index < -0.39 is 0 Å². The Kier molecular flexibility index (Phi) is 4.95. The van der Waals surface area contributed by atoms with Crippen LogP contribution in [0, 0.1) is 25.2 Å². The fourth-order valence-corrected chi connectivity index (χ4v) is 3.88. The molecule has 2 heterocycles. The van der Waals surface area contributed by atoms with Crippen LogP contribution in [0.25, 0.3) is 0 Å². The van der Waals surface area contributed by atoms with Crippen molar-refractivity contribution in [2.75, 3.05) is 0 Å². The molecule has 1 aliphatic carbocycles. The summed E-state index contributed by atoms with van der Waals surface area (Å²) in [6.07, 6.45) is 3.04. The van der Waals surface area contributed by atoms with Gasteiger partial charge in [-0.2, -0.15) is 10.2 Å². The van der Waals surface area contributed by atoms with Crippen molar-refractivity contribution in [1.82, 2.24) is 25.3 Å². The Morgan fingerprint density at radius 1 is 1.42 bits per heavy atom. The molecule has 2 N–H and O–H groups in total. The van der Waals surface area contributed by atoms with Gasteiger partial charge in [0.05, 0.1) is 12.2 Å². The lowest BCUT2D eigenvalue weighted by Gasteiger charge is -2.33. The lowest BCUT2D eigenvalue weighted by Crippen LogP contribution is -2.37. The molecular weight excluding hydrogens is 326 g/mol. The van der Waals surface area contributed by atoms with Crippen LogP contribution in [0.1, 0.15) is 67.2 Å². The Morgan fingerprint density at radius 2 is 2.15 bits per heavy atom. The molecule has 1 aliphatic rings. The molecule has 2 aromatic rings. The monoisotopic (exact) mass is 357 g/mol. The number of aromatic amines is 1. The Morgan fingerprint density at radius 3 is 2.77 bits per heavy atom. The molecule has 2 atom stereocenters. The summed E-state index contributed by atoms with van der Waals surface area (Å²) in [4.78, 5) is 12.8. The lowest BCUT2D eigenvalue weighted by molar-refractivity contribution is 0.0928. The van der Waals surface area contributed by atoms with Gasteiger partial charge in [-0.25, -0.2) is 0 Å². The Labute approximate surface area is 155 Å². The van der Waals surface area contributed by atoms with Gasteiger partial charge in [-0.3, -0.25) is 14.6 Å². The maximum Gasteiger partial charge on any atom is 0.272 e. The zero-order valence-electron chi connectivity index (χ0n) is 16.8. The molecule has 6 nitrogen and oxygen atoms in total. The number of rotatable bonds is 4. The molecule has 0 bridgehead atoms. The zero-order chi connectivity index (χ0) is 19.1. The predicted molar refractivity (Wildman–Crippen MR) is 102 cm³/mol. The summed E-state index contributed by atoms with van der Waals surface area (Å²) < 4.78 is 1.94. The molecule has 1 amide bonds. The molecule has 26 heavy (non-hydrogen) atoms. The Balaban J connectivity index is 1.69. The minimum absolute atomic E-state index is 0.0187. The van der Waals surface area contributed by atoms with E-state index >= 15 is 0 Å². The van der Waals surface area contributed by atoms with Crippen LogP contribution in [-0.4, -0.2) is 31.9 Å². The van der Waals surface area contributed by atoms with Gasteiger partial charge in [-0.1, -0.05) is 20.8 Å². The van der Waals surface area contributed by atoms with Crippen LogP contribution in [0.3, 0.4) is 0 Å². The summed E-state index contributed by atoms with van der Waals surface area (Å²) in [5, 5.41) is 15.0. The standard InChI is InChI=1S/C20H31N5O/c1-12-9-14(3)25(24-12)11-13(2)21-19(26)18-16-10-15(20(4,5)6)7-8-17(16)22-23-18/h9,13,15H,7-8,10-11H2,1-6H3,(H,21,26)(H,22,23)/t13-,15-/m0/s1. The van der Waals surface area contributed by atoms with Gasteiger partial charge in [-0.15, -0.1) is 0 Å². The van der Waals surface area contributed by atoms with Crippen molar-refractivity contribution >= 4 is 5.91 Å². The first-order chi connectivity index (χ1) is 12.1. The van der Waals surface area contributed by atoms with Gasteiger partial charge in [0.1, 0.15) is 0 Å². The second-order valence-corrected chi connectivity index (χ2v) is 8.82. The van der Waals surface area contributed by atoms with Crippen molar-refractivity contribution in [2.45, 2.75) is 73.4 Å². The smallest absolute Gasteiger partial charge is 0.272 e. The fraction of sp³-hybridized carbons (Fsp3) is 0.650. The van der Waals surface area contributed by atoms with Crippen molar-refractivity contribution in [2.24, 2.45) is 11.3 Å². The van der Waals surface area contributed by atoms with Crippen LogP contribution in [0.5, 0.6) is 0 Å². The largest absolute Gasteiger partial charge is 0.346 e. The van der Waals surface area contributed by atoms with E-state index in [1.54, 1.807) is 0 Å². The number of carbonyl (C=O) groups excluding carboxylic acids is 1. The number of nitrogens with zero attached hydrogens (tertiary/aromatic N) is 3. The van der Waals surface area contributed by atoms with Crippen molar-refractivity contribution in [1.29, 1.82) is 0 Å². The van der Waals surface area contributed by atoms with Crippen LogP contribution in [0.4, 0.5) is 0 Å². The van der Waals surface area contributed by atoms with E-state index in [0.29, 0.717) is 18.2 Å². The summed E-state index contributed by atoms with van der Waals surface area (Å²) in [5.41, 5.74) is 5.14. The van der Waals surface area contributed by atoms with Crippen molar-refractivity contribution in [3.8, 4) is 0 Å². The van der Waals surface area contributed by atoms with Crippen molar-refractivity contribution < 1.29 is 4.79 Å². The minimum Gasteiger partial charge on any atom is -0.346 e. The maximum atomic E-state index is 12.8. The molecule has 0 fully saturated rings. The number of hydrogen-bond donors (Lipinski definition) is 2. The number of aromatic nitrogens is 4. The SMILES string of the molecule is Cc1cc(C)n(C[C@H](C)NC(=O)c2n[nH]c3c2C[C@@H](C(C)(C)C)CC3)n1. The van der Waals surface area contributed by atoms with E-state index in [0.717, 1.165) is 41.9 Å². The zero-order valence-corrected chi connectivity index (χ0v) is 16.8. The molecule has 0 radical (unpaired) electrons. The van der Waals surface area contributed by atoms with E-state index in [2.05, 4.69) is 41.4 Å². The molecule has 0 saturated carbocycles. The van der Waals surface area contributed by atoms with E-state index in [4.69, 9.17) is 0 Å². The first-order valence-corrected chi connectivity index (χ1v) is 9.53. The van der Waals surface area contributed by atoms with Gasteiger partial charge in [0.15, 0.2) is 5.69 Å². The second kappa shape index (κ2) is 6.89. The Hall–Kier alpha value is -2.11. The van der Waals surface area contributed by atoms with Gasteiger partial charge < -0.3 is 5.32 Å². The molecule has 2 aromatic heterocycles. The van der Waals surface area contributed by atoms with E-state index in [1.807, 2.05) is 31.5 Å². The highest BCUT2D eigenvalue weighted by molar-refractivity contribution is 5.94. The van der Waals surface area contributed by atoms with E-state index in [9.17, 15) is 4.79 Å². The molecule has 0 saturated heterocycles. The van der Waals surface area contributed by atoms with Crippen LogP contribution in [0.2, 0.25) is 0 Å². The molecule has 6 heteroatoms. The number of carbonyl (C=O) groups is 1. The summed E-state index contributed by atoms with van der Waals surface area (Å²) in [7, 11) is 0. The number of amides is 1. The molecule has 0 spiro atoms. The first-order valence-electron chi connectivity index (χ1n) is 9.53. The van der Waals surface area contributed by atoms with Gasteiger partial charge in [0.25, 0.3) is 5.91 Å². The number of fused-ring (bicyclic) bond motifs is 1. The molecule has 0 aromatic carbocycles. The lowest BCUT2D eigenvalue weighted by atomic mass is 9.71. The highest BCUT2D eigenvalue weighted by atomic mass is 16.2. The van der Waals surface area contributed by atoms with Gasteiger partial charge in [0, 0.05) is 23.0 Å². The third-order valence-electron chi connectivity index (χ3n) is 5.51. The molecule has 0 aliphatic heterocycles. The van der Waals surface area contributed by atoms with E-state index in [1.165, 1.54) is 0 Å². The van der Waals surface area contributed by atoms with Gasteiger partial charge >= 0.3 is 0 Å². The fourth-order valence-electron chi connectivity index (χ4n) is 3.88. The topological polar surface area (TPSA) is 75.6 Å². The average Bonchev–Trinajstić information content (AvgIpc) is 3.08.